The Hall–Kier alpha value is -1.60. The summed E-state index contributed by atoms with van der Waals surface area (Å²) in [5, 5.41) is 0. The highest BCUT2D eigenvalue weighted by Gasteiger charge is 2.35. The van der Waals surface area contributed by atoms with Gasteiger partial charge in [0.25, 0.3) is 0 Å². The molecule has 0 amide bonds. The molecule has 176 valence electrons. The SMILES string of the molecule is CCCCCCC#CC1=CC(=O)C(CCCCCC)C1OCCCCCC(=O)OCC. The highest BCUT2D eigenvalue weighted by molar-refractivity contribution is 5.97. The molecule has 2 unspecified atom stereocenters. The first-order valence-electron chi connectivity index (χ1n) is 12.7. The molecule has 1 aliphatic carbocycles. The summed E-state index contributed by atoms with van der Waals surface area (Å²) < 4.78 is 11.2. The van der Waals surface area contributed by atoms with Gasteiger partial charge in [0, 0.05) is 25.0 Å². The molecule has 0 aromatic carbocycles. The van der Waals surface area contributed by atoms with Crippen molar-refractivity contribution >= 4 is 11.8 Å². The summed E-state index contributed by atoms with van der Waals surface area (Å²) in [4.78, 5) is 24.1. The molecule has 1 aliphatic rings. The normalized spacial score (nSPS) is 17.9. The van der Waals surface area contributed by atoms with E-state index in [9.17, 15) is 9.59 Å². The van der Waals surface area contributed by atoms with Gasteiger partial charge in [-0.2, -0.15) is 0 Å². The molecule has 31 heavy (non-hydrogen) atoms. The van der Waals surface area contributed by atoms with Crippen LogP contribution in [-0.2, 0) is 19.1 Å². The van der Waals surface area contributed by atoms with Crippen molar-refractivity contribution in [2.45, 2.75) is 117 Å². The molecule has 4 nitrogen and oxygen atoms in total. The number of carbonyl (C=O) groups excluding carboxylic acids is 2. The van der Waals surface area contributed by atoms with Gasteiger partial charge in [-0.1, -0.05) is 77.1 Å². The van der Waals surface area contributed by atoms with Crippen LogP contribution in [0.4, 0.5) is 0 Å². The van der Waals surface area contributed by atoms with Crippen LogP contribution in [0, 0.1) is 17.8 Å². The van der Waals surface area contributed by atoms with Crippen LogP contribution in [0.5, 0.6) is 0 Å². The van der Waals surface area contributed by atoms with E-state index in [1.807, 2.05) is 6.92 Å². The average Bonchev–Trinajstić information content (AvgIpc) is 3.05. The number of allylic oxidation sites excluding steroid dienone is 1. The van der Waals surface area contributed by atoms with Crippen molar-refractivity contribution < 1.29 is 19.1 Å². The highest BCUT2D eigenvalue weighted by atomic mass is 16.5. The lowest BCUT2D eigenvalue weighted by Gasteiger charge is -2.21. The van der Waals surface area contributed by atoms with E-state index in [0.717, 1.165) is 50.5 Å². The molecule has 0 aromatic rings. The molecule has 0 bridgehead atoms. The maximum atomic E-state index is 12.6. The molecule has 0 spiro atoms. The molecule has 1 rings (SSSR count). The summed E-state index contributed by atoms with van der Waals surface area (Å²) in [7, 11) is 0. The molecule has 2 atom stereocenters. The van der Waals surface area contributed by atoms with Crippen molar-refractivity contribution in [3.8, 4) is 11.8 Å². The first kappa shape index (κ1) is 27.4. The predicted molar refractivity (Wildman–Crippen MR) is 127 cm³/mol. The maximum absolute atomic E-state index is 12.6. The lowest BCUT2D eigenvalue weighted by molar-refractivity contribution is -0.143. The average molecular weight is 433 g/mol. The minimum Gasteiger partial charge on any atom is -0.466 e. The Bertz CT molecular complexity index is 596. The van der Waals surface area contributed by atoms with Crippen LogP contribution in [0.15, 0.2) is 11.6 Å². The number of ether oxygens (including phenoxy) is 2. The first-order chi connectivity index (χ1) is 15.1. The number of ketones is 1. The van der Waals surface area contributed by atoms with Crippen molar-refractivity contribution in [3.05, 3.63) is 11.6 Å². The minimum atomic E-state index is -0.192. The second-order valence-corrected chi connectivity index (χ2v) is 8.48. The van der Waals surface area contributed by atoms with Gasteiger partial charge in [0.15, 0.2) is 5.78 Å². The van der Waals surface area contributed by atoms with E-state index < -0.39 is 0 Å². The summed E-state index contributed by atoms with van der Waals surface area (Å²) >= 11 is 0. The van der Waals surface area contributed by atoms with Gasteiger partial charge in [0.2, 0.25) is 0 Å². The van der Waals surface area contributed by atoms with Crippen LogP contribution in [0.25, 0.3) is 0 Å². The maximum Gasteiger partial charge on any atom is 0.305 e. The summed E-state index contributed by atoms with van der Waals surface area (Å²) in [5.41, 5.74) is 0.868. The molecule has 0 saturated carbocycles. The Morgan fingerprint density at radius 1 is 0.935 bits per heavy atom. The van der Waals surface area contributed by atoms with Crippen molar-refractivity contribution in [2.75, 3.05) is 13.2 Å². The van der Waals surface area contributed by atoms with Gasteiger partial charge in [-0.05, 0) is 38.7 Å². The van der Waals surface area contributed by atoms with Gasteiger partial charge >= 0.3 is 5.97 Å². The second kappa shape index (κ2) is 18.0. The van der Waals surface area contributed by atoms with Crippen LogP contribution in [0.2, 0.25) is 0 Å². The lowest BCUT2D eigenvalue weighted by atomic mass is 9.94. The Kier molecular flexibility index (Phi) is 15.9. The van der Waals surface area contributed by atoms with E-state index in [1.54, 1.807) is 6.08 Å². The third kappa shape index (κ3) is 12.1. The number of esters is 1. The summed E-state index contributed by atoms with van der Waals surface area (Å²) in [6.45, 7) is 7.27. The van der Waals surface area contributed by atoms with E-state index >= 15 is 0 Å². The van der Waals surface area contributed by atoms with E-state index in [-0.39, 0.29) is 23.8 Å². The topological polar surface area (TPSA) is 52.6 Å². The zero-order valence-electron chi connectivity index (χ0n) is 20.2. The fourth-order valence-electron chi connectivity index (χ4n) is 3.90. The molecule has 0 radical (unpaired) electrons. The molecule has 0 aliphatic heterocycles. The van der Waals surface area contributed by atoms with Gasteiger partial charge < -0.3 is 9.47 Å². The molecule has 4 heteroatoms. The molecule has 0 aromatic heterocycles. The van der Waals surface area contributed by atoms with Crippen molar-refractivity contribution in [3.63, 3.8) is 0 Å². The highest BCUT2D eigenvalue weighted by Crippen LogP contribution is 2.30. The van der Waals surface area contributed by atoms with Gasteiger partial charge in [0.05, 0.1) is 12.5 Å². The third-order valence-corrected chi connectivity index (χ3v) is 5.72. The van der Waals surface area contributed by atoms with Gasteiger partial charge in [-0.15, -0.1) is 0 Å². The van der Waals surface area contributed by atoms with Crippen LogP contribution in [0.3, 0.4) is 0 Å². The summed E-state index contributed by atoms with van der Waals surface area (Å²) in [6, 6.07) is 0. The zero-order chi connectivity index (χ0) is 22.7. The van der Waals surface area contributed by atoms with E-state index in [2.05, 4.69) is 25.7 Å². The van der Waals surface area contributed by atoms with Crippen LogP contribution in [0.1, 0.15) is 111 Å². The first-order valence-corrected chi connectivity index (χ1v) is 12.7. The van der Waals surface area contributed by atoms with Gasteiger partial charge in [0.1, 0.15) is 6.10 Å². The van der Waals surface area contributed by atoms with E-state index in [0.29, 0.717) is 19.6 Å². The zero-order valence-corrected chi connectivity index (χ0v) is 20.2. The van der Waals surface area contributed by atoms with Crippen LogP contribution < -0.4 is 0 Å². The van der Waals surface area contributed by atoms with Crippen molar-refractivity contribution in [2.24, 2.45) is 5.92 Å². The molecule has 0 saturated heterocycles. The van der Waals surface area contributed by atoms with E-state index in [1.165, 1.54) is 38.5 Å². The summed E-state index contributed by atoms with van der Waals surface area (Å²) in [5.74, 6) is 6.49. The molecule has 0 fully saturated rings. The lowest BCUT2D eigenvalue weighted by Crippen LogP contribution is -2.26. The molecule has 0 N–H and O–H groups in total. The van der Waals surface area contributed by atoms with E-state index in [4.69, 9.17) is 9.47 Å². The third-order valence-electron chi connectivity index (χ3n) is 5.72. The van der Waals surface area contributed by atoms with Crippen molar-refractivity contribution in [1.82, 2.24) is 0 Å². The largest absolute Gasteiger partial charge is 0.466 e. The monoisotopic (exact) mass is 432 g/mol. The number of hydrogen-bond acceptors (Lipinski definition) is 4. The Labute approximate surface area is 190 Å². The van der Waals surface area contributed by atoms with Gasteiger partial charge in [-0.3, -0.25) is 9.59 Å². The van der Waals surface area contributed by atoms with Gasteiger partial charge in [-0.25, -0.2) is 0 Å². The number of carbonyl (C=O) groups is 2. The standard InChI is InChI=1S/C27H44O4/c1-4-7-9-11-12-14-18-23-22-25(28)24(19-15-10-8-5-2)27(23)31-21-17-13-16-20-26(29)30-6-3/h22,24,27H,4-13,15-17,19-21H2,1-3H3. The quantitative estimate of drug-likeness (QED) is 0.148. The Morgan fingerprint density at radius 2 is 1.65 bits per heavy atom. The second-order valence-electron chi connectivity index (χ2n) is 8.48. The number of hydrogen-bond donors (Lipinski definition) is 0. The fraction of sp³-hybridized carbons (Fsp3) is 0.778. The minimum absolute atomic E-state index is 0.0826. The Morgan fingerprint density at radius 3 is 2.35 bits per heavy atom. The molecular weight excluding hydrogens is 388 g/mol. The number of rotatable bonds is 17. The predicted octanol–water partition coefficient (Wildman–Crippen LogP) is 6.56. The summed E-state index contributed by atoms with van der Waals surface area (Å²) in [6.07, 6.45) is 15.8. The van der Waals surface area contributed by atoms with Crippen LogP contribution >= 0.6 is 0 Å². The molecular formula is C27H44O4. The fourth-order valence-corrected chi connectivity index (χ4v) is 3.90. The smallest absolute Gasteiger partial charge is 0.305 e. The number of unbranched alkanes of at least 4 members (excludes halogenated alkanes) is 9. The Balaban J connectivity index is 2.52. The molecule has 0 heterocycles. The van der Waals surface area contributed by atoms with Crippen LogP contribution in [-0.4, -0.2) is 31.1 Å². The van der Waals surface area contributed by atoms with Crippen molar-refractivity contribution in [1.29, 1.82) is 0 Å².